The summed E-state index contributed by atoms with van der Waals surface area (Å²) in [6.07, 6.45) is 0. The molecule has 0 spiro atoms. The summed E-state index contributed by atoms with van der Waals surface area (Å²) in [5, 5.41) is 32.4. The van der Waals surface area contributed by atoms with Gasteiger partial charge in [-0.3, -0.25) is 24.1 Å². The predicted octanol–water partition coefficient (Wildman–Crippen LogP) is -1.13. The second-order valence-corrected chi connectivity index (χ2v) is 10.1. The first-order chi connectivity index (χ1) is 18.1. The summed E-state index contributed by atoms with van der Waals surface area (Å²) in [6, 6.07) is 4.81. The highest BCUT2D eigenvalue weighted by molar-refractivity contribution is 8.01. The molecule has 0 radical (unpaired) electrons. The Bertz CT molecular complexity index is 1330. The molecule has 0 bridgehead atoms. The number of nitrogens with one attached hydrogen (secondary N) is 1. The van der Waals surface area contributed by atoms with Crippen LogP contribution in [-0.2, 0) is 30.5 Å². The van der Waals surface area contributed by atoms with Gasteiger partial charge < -0.3 is 26.0 Å². The van der Waals surface area contributed by atoms with E-state index in [9.17, 15) is 34.2 Å². The van der Waals surface area contributed by atoms with Crippen LogP contribution in [0.4, 0.5) is 0 Å². The van der Waals surface area contributed by atoms with Crippen LogP contribution in [0.3, 0.4) is 0 Å². The smallest absolute Gasteiger partial charge is 0.352 e. The third-order valence-corrected chi connectivity index (χ3v) is 8.07. The lowest BCUT2D eigenvalue weighted by Gasteiger charge is -2.49. The van der Waals surface area contributed by atoms with Crippen molar-refractivity contribution in [3.05, 3.63) is 41.1 Å². The summed E-state index contributed by atoms with van der Waals surface area (Å²) in [4.78, 5) is 62.1. The van der Waals surface area contributed by atoms with E-state index in [0.29, 0.717) is 11.3 Å². The number of carboxylic acid groups (broad SMARTS) is 2. The fraction of sp³-hybridized carbons (Fsp3) is 0.333. The minimum absolute atomic E-state index is 0.111. The Hall–Kier alpha value is -4.12. The summed E-state index contributed by atoms with van der Waals surface area (Å²) >= 11 is 2.30. The normalized spacial score (nSPS) is 19.3. The molecule has 2 unspecified atom stereocenters. The average Bonchev–Trinajstić information content (AvgIpc) is 3.31. The Labute approximate surface area is 222 Å². The second kappa shape index (κ2) is 11.1. The molecule has 2 aliphatic rings. The molecule has 1 saturated heterocycles. The zero-order chi connectivity index (χ0) is 27.6. The number of aliphatic carboxylic acids is 2. The molecule has 1 aromatic carbocycles. The maximum atomic E-state index is 13.0. The molecule has 3 amide bonds. The lowest BCUT2D eigenvalue weighted by atomic mass is 9.96. The van der Waals surface area contributed by atoms with Crippen LogP contribution >= 0.6 is 23.5 Å². The van der Waals surface area contributed by atoms with Crippen molar-refractivity contribution in [2.75, 3.05) is 18.6 Å². The number of hydrogen-bond donors (Lipinski definition) is 4. The zero-order valence-electron chi connectivity index (χ0n) is 19.6. The number of hydrogen-bond acceptors (Lipinski definition) is 11. The van der Waals surface area contributed by atoms with Gasteiger partial charge in [-0.2, -0.15) is 0 Å². The van der Waals surface area contributed by atoms with Crippen molar-refractivity contribution in [2.45, 2.75) is 29.0 Å². The van der Waals surface area contributed by atoms with Crippen LogP contribution in [0.25, 0.3) is 0 Å². The SMILES string of the molecule is COc1ccc(C(C(=O)O)C(=O)NC2C(=O)N3C(C(=O)O)=C(CSc4nnnn4CC(N)=O)CS[C@@H]23)cc1. The molecule has 1 fully saturated rings. The van der Waals surface area contributed by atoms with Crippen LogP contribution in [0, 0.1) is 0 Å². The predicted molar refractivity (Wildman–Crippen MR) is 131 cm³/mol. The van der Waals surface area contributed by atoms with Gasteiger partial charge in [-0.05, 0) is 33.7 Å². The molecule has 4 rings (SSSR count). The number of rotatable bonds is 11. The third-order valence-electron chi connectivity index (χ3n) is 5.69. The molecule has 15 nitrogen and oxygen atoms in total. The zero-order valence-corrected chi connectivity index (χ0v) is 21.3. The van der Waals surface area contributed by atoms with E-state index in [1.54, 1.807) is 0 Å². The number of fused-ring (bicyclic) bond motifs is 1. The highest BCUT2D eigenvalue weighted by atomic mass is 32.2. The third kappa shape index (κ3) is 5.28. The van der Waals surface area contributed by atoms with Gasteiger partial charge in [-0.15, -0.1) is 16.9 Å². The number of carbonyl (C=O) groups excluding carboxylic acids is 3. The van der Waals surface area contributed by atoms with Crippen molar-refractivity contribution in [3.8, 4) is 5.75 Å². The van der Waals surface area contributed by atoms with Gasteiger partial charge in [0.25, 0.3) is 5.91 Å². The Morgan fingerprint density at radius 1 is 1.26 bits per heavy atom. The molecule has 17 heteroatoms. The number of carbonyl (C=O) groups is 5. The van der Waals surface area contributed by atoms with E-state index in [0.717, 1.165) is 16.7 Å². The molecule has 2 aliphatic heterocycles. The van der Waals surface area contributed by atoms with Crippen molar-refractivity contribution < 1.29 is 38.9 Å². The van der Waals surface area contributed by atoms with E-state index < -0.39 is 47.0 Å². The van der Waals surface area contributed by atoms with Gasteiger partial charge in [-0.1, -0.05) is 23.9 Å². The number of ether oxygens (including phenoxy) is 1. The second-order valence-electron chi connectivity index (χ2n) is 8.07. The minimum atomic E-state index is -1.58. The maximum absolute atomic E-state index is 13.0. The van der Waals surface area contributed by atoms with Crippen LogP contribution in [0.1, 0.15) is 11.5 Å². The first-order valence-corrected chi connectivity index (χ1v) is 12.9. The maximum Gasteiger partial charge on any atom is 0.352 e. The molecule has 38 heavy (non-hydrogen) atoms. The van der Waals surface area contributed by atoms with Crippen molar-refractivity contribution >= 4 is 53.2 Å². The van der Waals surface area contributed by atoms with Crippen LogP contribution in [0.5, 0.6) is 5.75 Å². The number of amides is 3. The van der Waals surface area contributed by atoms with Gasteiger partial charge in [0.1, 0.15) is 29.4 Å². The van der Waals surface area contributed by atoms with E-state index in [2.05, 4.69) is 20.8 Å². The molecule has 0 aliphatic carbocycles. The van der Waals surface area contributed by atoms with Crippen molar-refractivity contribution in [1.29, 1.82) is 0 Å². The van der Waals surface area contributed by atoms with Crippen LogP contribution < -0.4 is 15.8 Å². The lowest BCUT2D eigenvalue weighted by molar-refractivity contribution is -0.152. The summed E-state index contributed by atoms with van der Waals surface area (Å²) < 4.78 is 6.22. The highest BCUT2D eigenvalue weighted by Crippen LogP contribution is 2.41. The van der Waals surface area contributed by atoms with Crippen molar-refractivity contribution in [2.24, 2.45) is 5.73 Å². The van der Waals surface area contributed by atoms with Gasteiger partial charge in [0, 0.05) is 11.5 Å². The van der Waals surface area contributed by atoms with Crippen molar-refractivity contribution in [3.63, 3.8) is 0 Å². The Morgan fingerprint density at radius 3 is 2.58 bits per heavy atom. The standard InChI is InChI=1S/C21H21N7O8S2/c1-36-11-4-2-9(3-5-11)13(19(32)33)16(30)23-14-17(31)28-15(20(34)35)10(7-37-18(14)28)8-38-21-24-25-26-27(21)6-12(22)29/h2-5,13-14,18H,6-8H2,1H3,(H2,22,29)(H,23,30)(H,32,33)(H,34,35)/t13?,14?,18-/m0/s1. The molecule has 1 aromatic heterocycles. The largest absolute Gasteiger partial charge is 0.497 e. The van der Waals surface area contributed by atoms with Crippen molar-refractivity contribution in [1.82, 2.24) is 30.4 Å². The summed E-state index contributed by atoms with van der Waals surface area (Å²) in [7, 11) is 1.45. The number of thioether (sulfide) groups is 2. The summed E-state index contributed by atoms with van der Waals surface area (Å²) in [5.41, 5.74) is 5.55. The monoisotopic (exact) mass is 563 g/mol. The first-order valence-electron chi connectivity index (χ1n) is 10.9. The molecule has 3 heterocycles. The molecule has 2 aromatic rings. The van der Waals surface area contributed by atoms with Crippen LogP contribution in [-0.4, -0.2) is 95.0 Å². The summed E-state index contributed by atoms with van der Waals surface area (Å²) in [6.45, 7) is -0.253. The fourth-order valence-electron chi connectivity index (χ4n) is 3.93. The van der Waals surface area contributed by atoms with Gasteiger partial charge in [-0.25, -0.2) is 9.48 Å². The number of aromatic nitrogens is 4. The fourth-order valence-corrected chi connectivity index (χ4v) is 6.29. The van der Waals surface area contributed by atoms with E-state index in [1.807, 2.05) is 0 Å². The van der Waals surface area contributed by atoms with E-state index in [1.165, 1.54) is 47.8 Å². The molecule has 3 atom stereocenters. The van der Waals surface area contributed by atoms with Gasteiger partial charge in [0.15, 0.2) is 5.92 Å². The Kier molecular flexibility index (Phi) is 7.86. The number of β-lactam (4-membered cyclic amide) rings is 1. The van der Waals surface area contributed by atoms with E-state index in [4.69, 9.17) is 10.5 Å². The number of nitrogens with two attached hydrogens (primary N) is 1. The number of methoxy groups -OCH3 is 1. The number of carboxylic acids is 2. The lowest BCUT2D eigenvalue weighted by Crippen LogP contribution is -2.71. The van der Waals surface area contributed by atoms with Gasteiger partial charge in [0.05, 0.1) is 7.11 Å². The van der Waals surface area contributed by atoms with Crippen LogP contribution in [0.2, 0.25) is 0 Å². The molecular formula is C21H21N7O8S2. The molecule has 0 saturated carbocycles. The molecule has 5 N–H and O–H groups in total. The van der Waals surface area contributed by atoms with Gasteiger partial charge in [0.2, 0.25) is 17.0 Å². The number of tetrazole rings is 1. The van der Waals surface area contributed by atoms with Gasteiger partial charge >= 0.3 is 11.9 Å². The molecular weight excluding hydrogens is 542 g/mol. The topological polar surface area (TPSA) is 220 Å². The highest BCUT2D eigenvalue weighted by Gasteiger charge is 2.54. The quantitative estimate of drug-likeness (QED) is 0.145. The first kappa shape index (κ1) is 26.9. The number of primary amides is 1. The Morgan fingerprint density at radius 2 is 1.97 bits per heavy atom. The number of benzene rings is 1. The number of nitrogens with zero attached hydrogens (tertiary/aromatic N) is 5. The molecule has 200 valence electrons. The average molecular weight is 564 g/mol. The summed E-state index contributed by atoms with van der Waals surface area (Å²) in [5.74, 6) is -5.74. The van der Waals surface area contributed by atoms with E-state index in [-0.39, 0.29) is 34.5 Å². The van der Waals surface area contributed by atoms with E-state index >= 15 is 0 Å². The minimum Gasteiger partial charge on any atom is -0.497 e. The van der Waals surface area contributed by atoms with Crippen LogP contribution in [0.15, 0.2) is 40.7 Å². The Balaban J connectivity index is 1.48.